The lowest BCUT2D eigenvalue weighted by Gasteiger charge is -2.34. The molecule has 0 aromatic heterocycles. The maximum atomic E-state index is 14.2. The number of hydrogen-bond acceptors (Lipinski definition) is 4. The van der Waals surface area contributed by atoms with Crippen molar-refractivity contribution in [3.05, 3.63) is 101 Å². The predicted molar refractivity (Wildman–Crippen MR) is 164 cm³/mol. The lowest BCUT2D eigenvalue weighted by atomic mass is 10.0. The van der Waals surface area contributed by atoms with Crippen molar-refractivity contribution in [1.82, 2.24) is 10.2 Å². The largest absolute Gasteiger partial charge is 0.352 e. The number of aryl methyl sites for hydroxylation is 1. The molecule has 3 aromatic rings. The minimum absolute atomic E-state index is 0.0669. The molecule has 1 fully saturated rings. The summed E-state index contributed by atoms with van der Waals surface area (Å²) in [7, 11) is -3.81. The SMILES string of the molecule is CCc1ccccc1N(CC(=O)N(Cc1ccc(Cl)cc1)[C@@H](Cc1ccccc1)C(=O)NC1CCCC1)S(C)(=O)=O. The van der Waals surface area contributed by atoms with Crippen LogP contribution in [-0.4, -0.2) is 50.0 Å². The summed E-state index contributed by atoms with van der Waals surface area (Å²) in [4.78, 5) is 29.6. The smallest absolute Gasteiger partial charge is 0.244 e. The molecule has 41 heavy (non-hydrogen) atoms. The van der Waals surface area contributed by atoms with E-state index >= 15 is 0 Å². The molecule has 218 valence electrons. The Balaban J connectivity index is 1.73. The molecule has 1 aliphatic carbocycles. The summed E-state index contributed by atoms with van der Waals surface area (Å²) < 4.78 is 27.2. The summed E-state index contributed by atoms with van der Waals surface area (Å²) >= 11 is 6.12. The number of benzene rings is 3. The molecule has 2 amide bonds. The average molecular weight is 596 g/mol. The van der Waals surface area contributed by atoms with Gasteiger partial charge in [-0.3, -0.25) is 13.9 Å². The molecule has 1 N–H and O–H groups in total. The highest BCUT2D eigenvalue weighted by atomic mass is 35.5. The molecule has 0 saturated heterocycles. The first kappa shape index (κ1) is 30.6. The summed E-state index contributed by atoms with van der Waals surface area (Å²) in [5.41, 5.74) is 2.97. The number of carbonyl (C=O) groups is 2. The molecule has 3 aromatic carbocycles. The van der Waals surface area contributed by atoms with Crippen molar-refractivity contribution in [3.8, 4) is 0 Å². The van der Waals surface area contributed by atoms with E-state index in [2.05, 4.69) is 5.32 Å². The van der Waals surface area contributed by atoms with Crippen molar-refractivity contribution in [2.75, 3.05) is 17.1 Å². The Labute approximate surface area is 248 Å². The summed E-state index contributed by atoms with van der Waals surface area (Å²) in [6.45, 7) is 1.64. The van der Waals surface area contributed by atoms with Crippen LogP contribution < -0.4 is 9.62 Å². The lowest BCUT2D eigenvalue weighted by Crippen LogP contribution is -2.54. The second kappa shape index (κ2) is 14.0. The molecule has 4 rings (SSSR count). The standard InChI is InChI=1S/C32H38ClN3O4S/c1-3-26-13-7-10-16-29(26)36(41(2,39)40)23-31(37)35(22-25-17-19-27(33)20-18-25)30(21-24-11-5-4-6-12-24)32(38)34-28-14-8-9-15-28/h4-7,10-13,16-20,28,30H,3,8-9,14-15,21-23H2,1-2H3,(H,34,38)/t30-/m0/s1. The first-order valence-corrected chi connectivity index (χ1v) is 16.3. The highest BCUT2D eigenvalue weighted by molar-refractivity contribution is 7.92. The van der Waals surface area contributed by atoms with Gasteiger partial charge in [-0.1, -0.05) is 92.0 Å². The second-order valence-corrected chi connectivity index (χ2v) is 12.9. The van der Waals surface area contributed by atoms with Crippen molar-refractivity contribution >= 4 is 39.1 Å². The Morgan fingerprint density at radius 2 is 1.56 bits per heavy atom. The van der Waals surface area contributed by atoms with E-state index in [0.29, 0.717) is 23.6 Å². The van der Waals surface area contributed by atoms with Gasteiger partial charge < -0.3 is 10.2 Å². The van der Waals surface area contributed by atoms with Crippen LogP contribution in [0.2, 0.25) is 5.02 Å². The number of nitrogens with zero attached hydrogens (tertiary/aromatic N) is 2. The van der Waals surface area contributed by atoms with Gasteiger partial charge in [-0.25, -0.2) is 8.42 Å². The zero-order chi connectivity index (χ0) is 29.4. The normalized spacial score (nSPS) is 14.4. The number of halogens is 1. The third kappa shape index (κ3) is 8.33. The Morgan fingerprint density at radius 3 is 2.20 bits per heavy atom. The van der Waals surface area contributed by atoms with Crippen LogP contribution in [0.1, 0.15) is 49.3 Å². The molecule has 0 bridgehead atoms. The third-order valence-corrected chi connectivity index (χ3v) is 8.94. The first-order valence-electron chi connectivity index (χ1n) is 14.1. The van der Waals surface area contributed by atoms with Gasteiger partial charge in [-0.2, -0.15) is 0 Å². The van der Waals surface area contributed by atoms with Gasteiger partial charge in [0, 0.05) is 24.0 Å². The monoisotopic (exact) mass is 595 g/mol. The van der Waals surface area contributed by atoms with Crippen LogP contribution in [0.25, 0.3) is 0 Å². The summed E-state index contributed by atoms with van der Waals surface area (Å²) in [6.07, 6.45) is 5.93. The lowest BCUT2D eigenvalue weighted by molar-refractivity contribution is -0.140. The summed E-state index contributed by atoms with van der Waals surface area (Å²) in [5, 5.41) is 3.74. The van der Waals surface area contributed by atoms with Gasteiger partial charge in [0.1, 0.15) is 12.6 Å². The molecular formula is C32H38ClN3O4S. The Morgan fingerprint density at radius 1 is 0.927 bits per heavy atom. The number of nitrogens with one attached hydrogen (secondary N) is 1. The molecule has 1 atom stereocenters. The van der Waals surface area contributed by atoms with Crippen molar-refractivity contribution < 1.29 is 18.0 Å². The molecule has 9 heteroatoms. The van der Waals surface area contributed by atoms with Crippen molar-refractivity contribution in [2.45, 2.75) is 64.1 Å². The maximum absolute atomic E-state index is 14.2. The fraction of sp³-hybridized carbons (Fsp3) is 0.375. The molecule has 1 aliphatic rings. The molecule has 0 aliphatic heterocycles. The van der Waals surface area contributed by atoms with E-state index in [1.165, 1.54) is 4.90 Å². The fourth-order valence-corrected chi connectivity index (χ4v) is 6.36. The van der Waals surface area contributed by atoms with Gasteiger partial charge in [-0.05, 0) is 54.2 Å². The van der Waals surface area contributed by atoms with Gasteiger partial charge in [0.05, 0.1) is 11.9 Å². The van der Waals surface area contributed by atoms with Gasteiger partial charge >= 0.3 is 0 Å². The number of carbonyl (C=O) groups excluding carboxylic acids is 2. The predicted octanol–water partition coefficient (Wildman–Crippen LogP) is 5.37. The topological polar surface area (TPSA) is 86.8 Å². The number of anilines is 1. The second-order valence-electron chi connectivity index (χ2n) is 10.6. The average Bonchev–Trinajstić information content (AvgIpc) is 3.47. The van der Waals surface area contributed by atoms with E-state index in [-0.39, 0.29) is 18.5 Å². The molecule has 0 spiro atoms. The van der Waals surface area contributed by atoms with Crippen LogP contribution in [0.3, 0.4) is 0 Å². The van der Waals surface area contributed by atoms with Crippen molar-refractivity contribution in [3.63, 3.8) is 0 Å². The van der Waals surface area contributed by atoms with Crippen LogP contribution >= 0.6 is 11.6 Å². The summed E-state index contributed by atoms with van der Waals surface area (Å²) in [5.74, 6) is -0.693. The third-order valence-electron chi connectivity index (χ3n) is 7.56. The van der Waals surface area contributed by atoms with E-state index in [1.807, 2.05) is 61.5 Å². The number of rotatable bonds is 12. The van der Waals surface area contributed by atoms with Gasteiger partial charge in [-0.15, -0.1) is 0 Å². The highest BCUT2D eigenvalue weighted by Crippen LogP contribution is 2.25. The van der Waals surface area contributed by atoms with E-state index in [0.717, 1.165) is 52.9 Å². The molecule has 1 saturated carbocycles. The van der Waals surface area contributed by atoms with Crippen LogP contribution in [0.15, 0.2) is 78.9 Å². The van der Waals surface area contributed by atoms with Gasteiger partial charge in [0.15, 0.2) is 0 Å². The molecule has 7 nitrogen and oxygen atoms in total. The van der Waals surface area contributed by atoms with E-state index in [4.69, 9.17) is 11.6 Å². The molecule has 0 radical (unpaired) electrons. The van der Waals surface area contributed by atoms with Crippen LogP contribution in [0.5, 0.6) is 0 Å². The first-order chi connectivity index (χ1) is 19.7. The zero-order valence-electron chi connectivity index (χ0n) is 23.6. The van der Waals surface area contributed by atoms with Crippen LogP contribution in [0, 0.1) is 0 Å². The Kier molecular flexibility index (Phi) is 10.5. The quantitative estimate of drug-likeness (QED) is 0.305. The van der Waals surface area contributed by atoms with Crippen molar-refractivity contribution in [2.24, 2.45) is 0 Å². The fourth-order valence-electron chi connectivity index (χ4n) is 5.36. The van der Waals surface area contributed by atoms with E-state index in [9.17, 15) is 18.0 Å². The minimum atomic E-state index is -3.81. The maximum Gasteiger partial charge on any atom is 0.244 e. The van der Waals surface area contributed by atoms with Gasteiger partial charge in [0.2, 0.25) is 21.8 Å². The molecule has 0 unspecified atom stereocenters. The Hall–Kier alpha value is -3.36. The zero-order valence-corrected chi connectivity index (χ0v) is 25.2. The van der Waals surface area contributed by atoms with E-state index < -0.39 is 28.5 Å². The molecule has 0 heterocycles. The molecular weight excluding hydrogens is 558 g/mol. The number of para-hydroxylation sites is 1. The number of hydrogen-bond donors (Lipinski definition) is 1. The Bertz CT molecular complexity index is 1420. The summed E-state index contributed by atoms with van der Waals surface area (Å²) in [6, 6.07) is 23.1. The van der Waals surface area contributed by atoms with Gasteiger partial charge in [0.25, 0.3) is 0 Å². The van der Waals surface area contributed by atoms with Crippen molar-refractivity contribution in [1.29, 1.82) is 0 Å². The number of sulfonamides is 1. The highest BCUT2D eigenvalue weighted by Gasteiger charge is 2.34. The van der Waals surface area contributed by atoms with Crippen LogP contribution in [-0.2, 0) is 39.0 Å². The van der Waals surface area contributed by atoms with Crippen LogP contribution in [0.4, 0.5) is 5.69 Å². The number of amides is 2. The van der Waals surface area contributed by atoms with E-state index in [1.54, 1.807) is 24.3 Å². The minimum Gasteiger partial charge on any atom is -0.352 e.